The summed E-state index contributed by atoms with van der Waals surface area (Å²) in [6, 6.07) is 5.46. The molecule has 1 aliphatic carbocycles. The van der Waals surface area contributed by atoms with E-state index in [0.29, 0.717) is 10.9 Å². The molecule has 1 fully saturated rings. The predicted octanol–water partition coefficient (Wildman–Crippen LogP) is 2.95. The Kier molecular flexibility index (Phi) is 2.19. The molecule has 0 aliphatic heterocycles. The van der Waals surface area contributed by atoms with Crippen LogP contribution < -0.4 is 0 Å². The minimum atomic E-state index is -0.649. The molecular formula is C14H13FN2O. The topological polar surface area (TPSA) is 34.4 Å². The maximum Gasteiger partial charge on any atom is 0.235 e. The van der Waals surface area contributed by atoms with Gasteiger partial charge < -0.3 is 4.57 Å². The quantitative estimate of drug-likeness (QED) is 0.590. The molecule has 0 unspecified atom stereocenters. The van der Waals surface area contributed by atoms with Gasteiger partial charge in [0.15, 0.2) is 0 Å². The van der Waals surface area contributed by atoms with E-state index in [2.05, 4.69) is 4.99 Å². The van der Waals surface area contributed by atoms with Crippen molar-refractivity contribution in [2.45, 2.75) is 25.3 Å². The zero-order valence-corrected chi connectivity index (χ0v) is 10.3. The highest BCUT2D eigenvalue weighted by Gasteiger charge is 2.47. The van der Waals surface area contributed by atoms with E-state index < -0.39 is 5.54 Å². The van der Waals surface area contributed by atoms with Crippen molar-refractivity contribution in [3.05, 3.63) is 35.3 Å². The molecule has 1 aromatic carbocycles. The van der Waals surface area contributed by atoms with Crippen LogP contribution in [0.25, 0.3) is 10.9 Å². The number of isocyanates is 1. The van der Waals surface area contributed by atoms with Crippen LogP contribution in [0.2, 0.25) is 0 Å². The average Bonchev–Trinajstić information content (AvgIpc) is 3.05. The van der Waals surface area contributed by atoms with Crippen molar-refractivity contribution in [3.8, 4) is 0 Å². The molecule has 1 aromatic heterocycles. The summed E-state index contributed by atoms with van der Waals surface area (Å²) in [6.07, 6.45) is 3.00. The summed E-state index contributed by atoms with van der Waals surface area (Å²) in [5.74, 6) is -0.257. The number of carbonyl (C=O) groups excluding carboxylic acids is 1. The lowest BCUT2D eigenvalue weighted by molar-refractivity contribution is 0.550. The molecule has 2 aromatic rings. The van der Waals surface area contributed by atoms with Crippen molar-refractivity contribution in [2.75, 3.05) is 0 Å². The van der Waals surface area contributed by atoms with E-state index in [4.69, 9.17) is 0 Å². The first-order valence-corrected chi connectivity index (χ1v) is 5.93. The maximum atomic E-state index is 14.5. The van der Waals surface area contributed by atoms with Crippen molar-refractivity contribution < 1.29 is 9.18 Å². The first kappa shape index (κ1) is 11.2. The number of hydrogen-bond acceptors (Lipinski definition) is 2. The van der Waals surface area contributed by atoms with Crippen LogP contribution in [0.15, 0.2) is 23.2 Å². The zero-order chi connectivity index (χ0) is 12.9. The predicted molar refractivity (Wildman–Crippen MR) is 66.6 cm³/mol. The molecule has 0 N–H and O–H groups in total. The molecule has 1 aliphatic rings. The molecule has 18 heavy (non-hydrogen) atoms. The third-order valence-electron chi connectivity index (χ3n) is 3.89. The van der Waals surface area contributed by atoms with Crippen molar-refractivity contribution >= 4 is 17.0 Å². The Bertz CT molecular complexity index is 691. The van der Waals surface area contributed by atoms with Gasteiger partial charge in [0.05, 0.1) is 5.52 Å². The molecule has 0 saturated heterocycles. The summed E-state index contributed by atoms with van der Waals surface area (Å²) in [4.78, 5) is 14.2. The summed E-state index contributed by atoms with van der Waals surface area (Å²) in [7, 11) is 1.91. The molecule has 0 bridgehead atoms. The van der Waals surface area contributed by atoms with Gasteiger partial charge in [-0.3, -0.25) is 0 Å². The number of nitrogens with zero attached hydrogens (tertiary/aromatic N) is 2. The molecule has 3 rings (SSSR count). The van der Waals surface area contributed by atoms with E-state index in [-0.39, 0.29) is 5.82 Å². The Balaban J connectivity index is 2.27. The van der Waals surface area contributed by atoms with Gasteiger partial charge in [-0.25, -0.2) is 9.18 Å². The molecule has 4 heteroatoms. The fraction of sp³-hybridized carbons (Fsp3) is 0.357. The Labute approximate surface area is 104 Å². The number of fused-ring (bicyclic) bond motifs is 1. The lowest BCUT2D eigenvalue weighted by Crippen LogP contribution is -2.05. The largest absolute Gasteiger partial charge is 0.348 e. The van der Waals surface area contributed by atoms with E-state index in [0.717, 1.165) is 24.1 Å². The highest BCUT2D eigenvalue weighted by molar-refractivity contribution is 5.83. The van der Waals surface area contributed by atoms with Crippen molar-refractivity contribution in [2.24, 2.45) is 12.0 Å². The van der Waals surface area contributed by atoms with Crippen LogP contribution in [0.1, 0.15) is 24.1 Å². The van der Waals surface area contributed by atoms with Gasteiger partial charge in [0.25, 0.3) is 0 Å². The molecule has 3 nitrogen and oxygen atoms in total. The maximum absolute atomic E-state index is 14.5. The van der Waals surface area contributed by atoms with Gasteiger partial charge in [-0.15, -0.1) is 0 Å². The monoisotopic (exact) mass is 244 g/mol. The number of hydrogen-bond donors (Lipinski definition) is 0. The fourth-order valence-corrected chi connectivity index (χ4v) is 2.51. The number of aryl methyl sites for hydroxylation is 2. The zero-order valence-electron chi connectivity index (χ0n) is 10.3. The second-order valence-corrected chi connectivity index (χ2v) is 4.94. The smallest absolute Gasteiger partial charge is 0.235 e. The molecule has 0 atom stereocenters. The van der Waals surface area contributed by atoms with E-state index in [1.165, 1.54) is 0 Å². The van der Waals surface area contributed by atoms with Gasteiger partial charge in [0.2, 0.25) is 6.08 Å². The second-order valence-electron chi connectivity index (χ2n) is 4.94. The normalized spacial score (nSPS) is 16.6. The van der Waals surface area contributed by atoms with E-state index in [1.54, 1.807) is 12.1 Å². The number of benzene rings is 1. The molecule has 1 saturated carbocycles. The van der Waals surface area contributed by atoms with Crippen LogP contribution in [-0.2, 0) is 17.4 Å². The molecule has 1 heterocycles. The van der Waals surface area contributed by atoms with Crippen LogP contribution in [0.4, 0.5) is 4.39 Å². The van der Waals surface area contributed by atoms with Crippen molar-refractivity contribution in [1.82, 2.24) is 4.57 Å². The lowest BCUT2D eigenvalue weighted by Gasteiger charge is -2.10. The van der Waals surface area contributed by atoms with E-state index in [9.17, 15) is 9.18 Å². The van der Waals surface area contributed by atoms with Crippen molar-refractivity contribution in [3.63, 3.8) is 0 Å². The first-order valence-electron chi connectivity index (χ1n) is 5.93. The van der Waals surface area contributed by atoms with Crippen LogP contribution in [-0.4, -0.2) is 10.6 Å². The van der Waals surface area contributed by atoms with Crippen LogP contribution in [0, 0.1) is 12.7 Å². The van der Waals surface area contributed by atoms with Gasteiger partial charge in [-0.1, -0.05) is 6.07 Å². The minimum absolute atomic E-state index is 0.257. The SMILES string of the molecule is Cc1cc2c(F)c(C3(N=C=O)CC3)ccc2n1C. The summed E-state index contributed by atoms with van der Waals surface area (Å²) >= 11 is 0. The highest BCUT2D eigenvalue weighted by atomic mass is 19.1. The van der Waals surface area contributed by atoms with E-state index in [1.807, 2.05) is 30.7 Å². The van der Waals surface area contributed by atoms with E-state index >= 15 is 0 Å². The number of aliphatic imine (C=N–C) groups is 1. The Morgan fingerprint density at radius 3 is 2.78 bits per heavy atom. The van der Waals surface area contributed by atoms with Crippen LogP contribution in [0.3, 0.4) is 0 Å². The van der Waals surface area contributed by atoms with Crippen LogP contribution in [0.5, 0.6) is 0 Å². The van der Waals surface area contributed by atoms with Gasteiger partial charge in [0, 0.05) is 23.7 Å². The van der Waals surface area contributed by atoms with Gasteiger partial charge in [0.1, 0.15) is 11.4 Å². The Morgan fingerprint density at radius 1 is 1.44 bits per heavy atom. The Hall–Kier alpha value is -1.93. The second kappa shape index (κ2) is 3.53. The third-order valence-corrected chi connectivity index (χ3v) is 3.89. The average molecular weight is 244 g/mol. The first-order chi connectivity index (χ1) is 8.59. The van der Waals surface area contributed by atoms with Crippen molar-refractivity contribution in [1.29, 1.82) is 0 Å². The standard InChI is InChI=1S/C14H13FN2O/c1-9-7-10-12(17(9)2)4-3-11(13(10)15)14(5-6-14)16-8-18/h3-4,7H,5-6H2,1-2H3. The summed E-state index contributed by atoms with van der Waals surface area (Å²) < 4.78 is 16.5. The van der Waals surface area contributed by atoms with Gasteiger partial charge >= 0.3 is 0 Å². The third kappa shape index (κ3) is 1.36. The number of rotatable bonds is 2. The Morgan fingerprint density at radius 2 is 2.17 bits per heavy atom. The molecule has 0 radical (unpaired) electrons. The summed E-state index contributed by atoms with van der Waals surface area (Å²) in [5, 5.41) is 0.597. The number of halogens is 1. The lowest BCUT2D eigenvalue weighted by atomic mass is 10.0. The number of aromatic nitrogens is 1. The molecular weight excluding hydrogens is 231 g/mol. The molecule has 92 valence electrons. The fourth-order valence-electron chi connectivity index (χ4n) is 2.51. The summed E-state index contributed by atoms with van der Waals surface area (Å²) in [6.45, 7) is 1.94. The van der Waals surface area contributed by atoms with Gasteiger partial charge in [-0.05, 0) is 31.9 Å². The highest BCUT2D eigenvalue weighted by Crippen LogP contribution is 2.50. The minimum Gasteiger partial charge on any atom is -0.348 e. The molecule has 0 amide bonds. The van der Waals surface area contributed by atoms with Crippen LogP contribution >= 0.6 is 0 Å². The molecule has 0 spiro atoms. The summed E-state index contributed by atoms with van der Waals surface area (Å²) in [5.41, 5.74) is 1.73. The van der Waals surface area contributed by atoms with Gasteiger partial charge in [-0.2, -0.15) is 4.99 Å².